The van der Waals surface area contributed by atoms with Crippen LogP contribution in [-0.2, 0) is 0 Å². The van der Waals surface area contributed by atoms with Crippen LogP contribution < -0.4 is 10.5 Å². The van der Waals surface area contributed by atoms with Gasteiger partial charge in [-0.2, -0.15) is 0 Å². The maximum Gasteiger partial charge on any atom is 0.119 e. The van der Waals surface area contributed by atoms with E-state index in [1.54, 1.807) is 6.92 Å². The normalized spacial score (nSPS) is 11.7. The molecule has 25 heavy (non-hydrogen) atoms. The molecule has 0 saturated carbocycles. The van der Waals surface area contributed by atoms with Crippen molar-refractivity contribution in [2.75, 3.05) is 19.8 Å². The summed E-state index contributed by atoms with van der Waals surface area (Å²) in [5.41, 5.74) is 6.81. The molecule has 2 rings (SSSR count). The fourth-order valence-electron chi connectivity index (χ4n) is 2.56. The molecule has 0 fully saturated rings. The fourth-order valence-corrected chi connectivity index (χ4v) is 2.56. The van der Waals surface area contributed by atoms with Gasteiger partial charge in [0.05, 0.1) is 19.3 Å². The molecule has 1 unspecified atom stereocenters. The molecule has 4 nitrogen and oxygen atoms in total. The molecular formula is C21H33NO3. The first-order chi connectivity index (χ1) is 12.2. The highest BCUT2D eigenvalue weighted by atomic mass is 16.5. The van der Waals surface area contributed by atoms with E-state index in [-0.39, 0.29) is 19.3 Å². The number of rotatable bonds is 9. The van der Waals surface area contributed by atoms with Crippen molar-refractivity contribution in [3.05, 3.63) is 42.0 Å². The molecule has 0 aromatic heterocycles. The van der Waals surface area contributed by atoms with Crippen LogP contribution in [0, 0.1) is 0 Å². The molecule has 2 aromatic rings. The van der Waals surface area contributed by atoms with Gasteiger partial charge in [0.2, 0.25) is 0 Å². The van der Waals surface area contributed by atoms with E-state index in [2.05, 4.69) is 19.1 Å². The summed E-state index contributed by atoms with van der Waals surface area (Å²) in [6.45, 7) is 4.90. The number of aliphatic hydroxyl groups is 2. The van der Waals surface area contributed by atoms with Crippen molar-refractivity contribution < 1.29 is 14.9 Å². The maximum absolute atomic E-state index is 9.13. The second-order valence-corrected chi connectivity index (χ2v) is 6.14. The molecule has 4 heteroatoms. The van der Waals surface area contributed by atoms with Gasteiger partial charge in [-0.15, -0.1) is 0 Å². The first-order valence-electron chi connectivity index (χ1n) is 9.30. The quantitative estimate of drug-likeness (QED) is 0.595. The Hall–Kier alpha value is -1.62. The van der Waals surface area contributed by atoms with Gasteiger partial charge >= 0.3 is 0 Å². The van der Waals surface area contributed by atoms with Crippen molar-refractivity contribution in [1.82, 2.24) is 0 Å². The van der Waals surface area contributed by atoms with Gasteiger partial charge in [-0.05, 0) is 47.9 Å². The SMILES string of the molecule is CCCCCCCOc1ccc2cc(C(N)CO)ccc2c1.CCO. The molecule has 0 saturated heterocycles. The van der Waals surface area contributed by atoms with E-state index < -0.39 is 0 Å². The molecular weight excluding hydrogens is 314 g/mol. The highest BCUT2D eigenvalue weighted by Gasteiger charge is 2.05. The summed E-state index contributed by atoms with van der Waals surface area (Å²) in [6.07, 6.45) is 6.24. The van der Waals surface area contributed by atoms with E-state index in [0.29, 0.717) is 0 Å². The Balaban J connectivity index is 0.000000970. The van der Waals surface area contributed by atoms with Crippen LogP contribution in [0.1, 0.15) is 57.6 Å². The standard InChI is InChI=1S/C19H27NO2.C2H6O/c1-2-3-4-5-6-11-22-18-10-9-15-12-17(19(20)14-21)8-7-16(15)13-18;1-2-3/h7-10,12-13,19,21H,2-6,11,14,20H2,1H3;3H,2H2,1H3. The highest BCUT2D eigenvalue weighted by Crippen LogP contribution is 2.24. The Morgan fingerprint density at radius 2 is 1.56 bits per heavy atom. The van der Waals surface area contributed by atoms with Crippen molar-refractivity contribution in [3.8, 4) is 5.75 Å². The van der Waals surface area contributed by atoms with E-state index in [4.69, 9.17) is 20.7 Å². The first kappa shape index (κ1) is 21.4. The minimum absolute atomic E-state index is 0.0370. The molecule has 0 spiro atoms. The van der Waals surface area contributed by atoms with Gasteiger partial charge in [-0.25, -0.2) is 0 Å². The van der Waals surface area contributed by atoms with Gasteiger partial charge in [0.25, 0.3) is 0 Å². The van der Waals surface area contributed by atoms with Crippen LogP contribution in [0.5, 0.6) is 5.75 Å². The van der Waals surface area contributed by atoms with Crippen LogP contribution in [0.2, 0.25) is 0 Å². The van der Waals surface area contributed by atoms with Crippen LogP contribution >= 0.6 is 0 Å². The molecule has 0 radical (unpaired) electrons. The number of hydrogen-bond donors (Lipinski definition) is 3. The largest absolute Gasteiger partial charge is 0.494 e. The number of hydrogen-bond acceptors (Lipinski definition) is 4. The minimum Gasteiger partial charge on any atom is -0.494 e. The van der Waals surface area contributed by atoms with Crippen LogP contribution in [0.3, 0.4) is 0 Å². The van der Waals surface area contributed by atoms with Crippen molar-refractivity contribution in [3.63, 3.8) is 0 Å². The van der Waals surface area contributed by atoms with E-state index in [0.717, 1.165) is 35.1 Å². The molecule has 0 amide bonds. The van der Waals surface area contributed by atoms with E-state index in [9.17, 15) is 0 Å². The number of ether oxygens (including phenoxy) is 1. The van der Waals surface area contributed by atoms with Gasteiger partial charge in [0.1, 0.15) is 5.75 Å². The van der Waals surface area contributed by atoms with Crippen molar-refractivity contribution in [2.45, 2.75) is 52.0 Å². The van der Waals surface area contributed by atoms with Crippen molar-refractivity contribution in [1.29, 1.82) is 0 Å². The maximum atomic E-state index is 9.13. The zero-order valence-corrected chi connectivity index (χ0v) is 15.6. The lowest BCUT2D eigenvalue weighted by atomic mass is 10.0. The van der Waals surface area contributed by atoms with E-state index in [1.807, 2.05) is 24.3 Å². The lowest BCUT2D eigenvalue weighted by Crippen LogP contribution is -2.14. The summed E-state index contributed by atoms with van der Waals surface area (Å²) < 4.78 is 5.83. The Morgan fingerprint density at radius 3 is 2.24 bits per heavy atom. The lowest BCUT2D eigenvalue weighted by molar-refractivity contribution is 0.268. The van der Waals surface area contributed by atoms with Gasteiger partial charge in [-0.3, -0.25) is 0 Å². The lowest BCUT2D eigenvalue weighted by Gasteiger charge is -2.11. The van der Waals surface area contributed by atoms with Crippen LogP contribution in [0.4, 0.5) is 0 Å². The summed E-state index contributed by atoms with van der Waals surface area (Å²) in [5.74, 6) is 0.919. The molecule has 0 aliphatic carbocycles. The topological polar surface area (TPSA) is 75.7 Å². The number of nitrogens with two attached hydrogens (primary N) is 1. The second-order valence-electron chi connectivity index (χ2n) is 6.14. The van der Waals surface area contributed by atoms with E-state index in [1.165, 1.54) is 25.7 Å². The van der Waals surface area contributed by atoms with Gasteiger partial charge in [0, 0.05) is 6.61 Å². The molecule has 1 atom stereocenters. The average molecular weight is 347 g/mol. The summed E-state index contributed by atoms with van der Waals surface area (Å²) in [6, 6.07) is 11.8. The molecule has 140 valence electrons. The molecule has 0 heterocycles. The predicted octanol–water partition coefficient (Wildman–Crippen LogP) is 4.18. The summed E-state index contributed by atoms with van der Waals surface area (Å²) in [4.78, 5) is 0. The zero-order valence-electron chi connectivity index (χ0n) is 15.6. The summed E-state index contributed by atoms with van der Waals surface area (Å²) in [7, 11) is 0. The third-order valence-corrected chi connectivity index (χ3v) is 3.98. The molecule has 0 aliphatic rings. The fraction of sp³-hybridized carbons (Fsp3) is 0.524. The highest BCUT2D eigenvalue weighted by molar-refractivity contribution is 5.84. The molecule has 0 bridgehead atoms. The Kier molecular flexibility index (Phi) is 10.9. The van der Waals surface area contributed by atoms with Gasteiger partial charge in [-0.1, -0.05) is 50.8 Å². The number of aliphatic hydroxyl groups excluding tert-OH is 2. The van der Waals surface area contributed by atoms with Crippen molar-refractivity contribution in [2.24, 2.45) is 5.73 Å². The smallest absolute Gasteiger partial charge is 0.119 e. The van der Waals surface area contributed by atoms with Crippen molar-refractivity contribution >= 4 is 10.8 Å². The summed E-state index contributed by atoms with van der Waals surface area (Å²) in [5, 5.41) is 19.0. The zero-order chi connectivity index (χ0) is 18.5. The Labute approximate surface area is 151 Å². The first-order valence-corrected chi connectivity index (χ1v) is 9.30. The Morgan fingerprint density at radius 1 is 0.920 bits per heavy atom. The number of benzene rings is 2. The minimum atomic E-state index is -0.316. The summed E-state index contributed by atoms with van der Waals surface area (Å²) >= 11 is 0. The van der Waals surface area contributed by atoms with Crippen LogP contribution in [0.25, 0.3) is 10.8 Å². The van der Waals surface area contributed by atoms with Gasteiger partial charge < -0.3 is 20.7 Å². The van der Waals surface area contributed by atoms with Crippen LogP contribution in [-0.4, -0.2) is 30.0 Å². The van der Waals surface area contributed by atoms with Gasteiger partial charge in [0.15, 0.2) is 0 Å². The third-order valence-electron chi connectivity index (χ3n) is 3.98. The third kappa shape index (κ3) is 7.86. The monoisotopic (exact) mass is 347 g/mol. The number of unbranched alkanes of at least 4 members (excludes halogenated alkanes) is 4. The number of fused-ring (bicyclic) bond motifs is 1. The average Bonchev–Trinajstić information content (AvgIpc) is 2.64. The molecule has 0 aliphatic heterocycles. The second kappa shape index (κ2) is 12.7. The van der Waals surface area contributed by atoms with Crippen LogP contribution in [0.15, 0.2) is 36.4 Å². The Bertz CT molecular complexity index is 601. The molecule has 4 N–H and O–H groups in total. The predicted molar refractivity (Wildman–Crippen MR) is 105 cm³/mol. The van der Waals surface area contributed by atoms with E-state index >= 15 is 0 Å². The molecule has 2 aromatic carbocycles.